The van der Waals surface area contributed by atoms with E-state index in [0.29, 0.717) is 18.2 Å². The highest BCUT2D eigenvalue weighted by Crippen LogP contribution is 2.22. The summed E-state index contributed by atoms with van der Waals surface area (Å²) in [4.78, 5) is 4.29. The number of aliphatic hydroxyl groups excluding tert-OH is 1. The number of aliphatic hydroxyl groups is 1. The topological polar surface area (TPSA) is 58.3 Å². The van der Waals surface area contributed by atoms with Gasteiger partial charge in [0, 0.05) is 18.2 Å². The Morgan fingerprint density at radius 1 is 1.08 bits per heavy atom. The standard InChI is InChI=1S/C20H21FN2O2/c21-17-10-8-16(9-11-17)19-13-23-20(25-19)14-22-18(7-4-12-24)15-5-2-1-3-6-15/h1-3,5-6,8-11,13,18,22,24H,4,7,12,14H2. The Morgan fingerprint density at radius 2 is 1.84 bits per heavy atom. The predicted molar refractivity (Wildman–Crippen MR) is 94.2 cm³/mol. The Balaban J connectivity index is 1.66. The molecule has 3 aromatic rings. The fraction of sp³-hybridized carbons (Fsp3) is 0.250. The summed E-state index contributed by atoms with van der Waals surface area (Å²) in [6, 6.07) is 16.4. The molecule has 0 fully saturated rings. The molecule has 25 heavy (non-hydrogen) atoms. The molecular formula is C20H21FN2O2. The molecule has 1 unspecified atom stereocenters. The van der Waals surface area contributed by atoms with Crippen LogP contribution in [0.25, 0.3) is 11.3 Å². The second-order valence-electron chi connectivity index (χ2n) is 5.84. The molecule has 0 aliphatic heterocycles. The van der Waals surface area contributed by atoms with Gasteiger partial charge in [0.25, 0.3) is 0 Å². The van der Waals surface area contributed by atoms with E-state index in [1.807, 2.05) is 18.2 Å². The lowest BCUT2D eigenvalue weighted by molar-refractivity contribution is 0.274. The summed E-state index contributed by atoms with van der Waals surface area (Å²) in [7, 11) is 0. The first kappa shape index (κ1) is 17.3. The lowest BCUT2D eigenvalue weighted by Gasteiger charge is -2.18. The van der Waals surface area contributed by atoms with E-state index < -0.39 is 0 Å². The summed E-state index contributed by atoms with van der Waals surface area (Å²) < 4.78 is 18.8. The molecule has 0 saturated carbocycles. The number of rotatable bonds is 8. The van der Waals surface area contributed by atoms with Gasteiger partial charge in [0.1, 0.15) is 5.82 Å². The zero-order valence-electron chi connectivity index (χ0n) is 13.9. The first-order chi connectivity index (χ1) is 12.3. The maximum atomic E-state index is 13.0. The van der Waals surface area contributed by atoms with E-state index in [1.165, 1.54) is 17.7 Å². The lowest BCUT2D eigenvalue weighted by atomic mass is 10.0. The van der Waals surface area contributed by atoms with Gasteiger partial charge in [0.2, 0.25) is 5.89 Å². The molecule has 2 aromatic carbocycles. The van der Waals surface area contributed by atoms with Crippen molar-refractivity contribution in [1.29, 1.82) is 0 Å². The van der Waals surface area contributed by atoms with Crippen molar-refractivity contribution >= 4 is 0 Å². The fourth-order valence-corrected chi connectivity index (χ4v) is 2.72. The number of aromatic nitrogens is 1. The average Bonchev–Trinajstić information content (AvgIpc) is 3.12. The van der Waals surface area contributed by atoms with Crippen LogP contribution in [0.4, 0.5) is 4.39 Å². The maximum absolute atomic E-state index is 13.0. The van der Waals surface area contributed by atoms with Crippen molar-refractivity contribution in [3.05, 3.63) is 78.1 Å². The van der Waals surface area contributed by atoms with E-state index in [0.717, 1.165) is 18.4 Å². The van der Waals surface area contributed by atoms with Crippen molar-refractivity contribution in [1.82, 2.24) is 10.3 Å². The molecule has 0 bridgehead atoms. The molecule has 130 valence electrons. The van der Waals surface area contributed by atoms with Crippen molar-refractivity contribution in [2.45, 2.75) is 25.4 Å². The molecule has 1 atom stereocenters. The molecule has 2 N–H and O–H groups in total. The van der Waals surface area contributed by atoms with Crippen molar-refractivity contribution < 1.29 is 13.9 Å². The summed E-state index contributed by atoms with van der Waals surface area (Å²) >= 11 is 0. The molecule has 3 rings (SSSR count). The van der Waals surface area contributed by atoms with Gasteiger partial charge in [-0.15, -0.1) is 0 Å². The minimum atomic E-state index is -0.278. The number of nitrogens with one attached hydrogen (secondary N) is 1. The third-order valence-corrected chi connectivity index (χ3v) is 4.03. The minimum Gasteiger partial charge on any atom is -0.439 e. The molecule has 0 aliphatic rings. The Labute approximate surface area is 146 Å². The van der Waals surface area contributed by atoms with Crippen LogP contribution in [0, 0.1) is 5.82 Å². The smallest absolute Gasteiger partial charge is 0.208 e. The maximum Gasteiger partial charge on any atom is 0.208 e. The fourth-order valence-electron chi connectivity index (χ4n) is 2.72. The van der Waals surface area contributed by atoms with E-state index in [4.69, 9.17) is 9.52 Å². The number of hydrogen-bond donors (Lipinski definition) is 2. The number of hydrogen-bond acceptors (Lipinski definition) is 4. The third kappa shape index (κ3) is 4.75. The van der Waals surface area contributed by atoms with Gasteiger partial charge in [-0.05, 0) is 42.7 Å². The second-order valence-corrected chi connectivity index (χ2v) is 5.84. The van der Waals surface area contributed by atoms with Gasteiger partial charge >= 0.3 is 0 Å². The predicted octanol–water partition coefficient (Wildman–Crippen LogP) is 4.08. The van der Waals surface area contributed by atoms with E-state index in [2.05, 4.69) is 22.4 Å². The summed E-state index contributed by atoms with van der Waals surface area (Å²) in [5.74, 6) is 0.910. The van der Waals surface area contributed by atoms with Gasteiger partial charge in [-0.3, -0.25) is 0 Å². The normalized spacial score (nSPS) is 12.2. The first-order valence-corrected chi connectivity index (χ1v) is 8.36. The number of nitrogens with zero attached hydrogens (tertiary/aromatic N) is 1. The number of halogens is 1. The largest absolute Gasteiger partial charge is 0.439 e. The lowest BCUT2D eigenvalue weighted by Crippen LogP contribution is -2.21. The van der Waals surface area contributed by atoms with Crippen molar-refractivity contribution in [3.8, 4) is 11.3 Å². The van der Waals surface area contributed by atoms with Crippen LogP contribution in [-0.2, 0) is 6.54 Å². The third-order valence-electron chi connectivity index (χ3n) is 4.03. The van der Waals surface area contributed by atoms with E-state index in [-0.39, 0.29) is 18.5 Å². The molecule has 0 spiro atoms. The van der Waals surface area contributed by atoms with Gasteiger partial charge in [-0.1, -0.05) is 30.3 Å². The minimum absolute atomic E-state index is 0.120. The van der Waals surface area contributed by atoms with Gasteiger partial charge in [-0.25, -0.2) is 9.37 Å². The van der Waals surface area contributed by atoms with Crippen LogP contribution in [-0.4, -0.2) is 16.7 Å². The molecule has 5 heteroatoms. The molecule has 0 amide bonds. The van der Waals surface area contributed by atoms with E-state index >= 15 is 0 Å². The van der Waals surface area contributed by atoms with Crippen LogP contribution in [0.15, 0.2) is 65.2 Å². The second kappa shape index (κ2) is 8.55. The summed E-state index contributed by atoms with van der Waals surface area (Å²) in [5, 5.41) is 12.5. The first-order valence-electron chi connectivity index (χ1n) is 8.36. The Bertz CT molecular complexity index is 772. The summed E-state index contributed by atoms with van der Waals surface area (Å²) in [6.07, 6.45) is 3.19. The monoisotopic (exact) mass is 340 g/mol. The van der Waals surface area contributed by atoms with Gasteiger partial charge in [-0.2, -0.15) is 0 Å². The van der Waals surface area contributed by atoms with Crippen LogP contribution in [0.2, 0.25) is 0 Å². The van der Waals surface area contributed by atoms with Crippen LogP contribution in [0.5, 0.6) is 0 Å². The number of benzene rings is 2. The number of oxazole rings is 1. The molecule has 0 aliphatic carbocycles. The highest BCUT2D eigenvalue weighted by atomic mass is 19.1. The van der Waals surface area contributed by atoms with Crippen molar-refractivity contribution in [2.24, 2.45) is 0 Å². The molecular weight excluding hydrogens is 319 g/mol. The molecule has 0 saturated heterocycles. The zero-order valence-corrected chi connectivity index (χ0v) is 13.9. The zero-order chi connectivity index (χ0) is 17.5. The Morgan fingerprint density at radius 3 is 2.56 bits per heavy atom. The van der Waals surface area contributed by atoms with Gasteiger partial charge < -0.3 is 14.8 Å². The van der Waals surface area contributed by atoms with Crippen LogP contribution < -0.4 is 5.32 Å². The highest BCUT2D eigenvalue weighted by molar-refractivity contribution is 5.55. The molecule has 1 aromatic heterocycles. The SMILES string of the molecule is OCCCC(NCc1ncc(-c2ccc(F)cc2)o1)c1ccccc1. The Kier molecular flexibility index (Phi) is 5.93. The van der Waals surface area contributed by atoms with Crippen molar-refractivity contribution in [2.75, 3.05) is 6.61 Å². The molecule has 1 heterocycles. The van der Waals surface area contributed by atoms with Crippen LogP contribution in [0.3, 0.4) is 0 Å². The van der Waals surface area contributed by atoms with Gasteiger partial charge in [0.05, 0.1) is 12.7 Å². The van der Waals surface area contributed by atoms with E-state index in [1.54, 1.807) is 18.3 Å². The molecule has 4 nitrogen and oxygen atoms in total. The van der Waals surface area contributed by atoms with Crippen molar-refractivity contribution in [3.63, 3.8) is 0 Å². The van der Waals surface area contributed by atoms with E-state index in [9.17, 15) is 4.39 Å². The van der Waals surface area contributed by atoms with Crippen LogP contribution >= 0.6 is 0 Å². The quantitative estimate of drug-likeness (QED) is 0.649. The summed E-state index contributed by atoms with van der Waals surface area (Å²) in [6.45, 7) is 0.644. The average molecular weight is 340 g/mol. The summed E-state index contributed by atoms with van der Waals surface area (Å²) in [5.41, 5.74) is 1.96. The Hall–Kier alpha value is -2.50. The van der Waals surface area contributed by atoms with Crippen LogP contribution in [0.1, 0.15) is 30.3 Å². The highest BCUT2D eigenvalue weighted by Gasteiger charge is 2.13. The molecule has 0 radical (unpaired) electrons. The van der Waals surface area contributed by atoms with Gasteiger partial charge in [0.15, 0.2) is 5.76 Å².